The smallest absolute Gasteiger partial charge is 0.310 e. The number of rotatable bonds is 3. The second-order valence-corrected chi connectivity index (χ2v) is 4.34. The molecule has 0 spiro atoms. The number of hydrazine groups is 1. The van der Waals surface area contributed by atoms with Crippen LogP contribution in [0.5, 0.6) is 0 Å². The molecule has 1 saturated heterocycles. The Morgan fingerprint density at radius 3 is 2.44 bits per heavy atom. The number of hydrogen-bond acceptors (Lipinski definition) is 4. The van der Waals surface area contributed by atoms with Gasteiger partial charge in [0, 0.05) is 5.56 Å². The molecule has 1 aromatic carbocycles. The van der Waals surface area contributed by atoms with E-state index in [9.17, 15) is 14.9 Å². The largest absolute Gasteiger partial charge is 0.317 e. The fraction of sp³-hybridized carbons (Fsp3) is 0.417. The maximum atomic E-state index is 11.4. The molecule has 18 heavy (non-hydrogen) atoms. The third-order valence-electron chi connectivity index (χ3n) is 3.18. The van der Waals surface area contributed by atoms with Crippen molar-refractivity contribution in [3.05, 3.63) is 45.5 Å². The van der Waals surface area contributed by atoms with Crippen molar-refractivity contribution in [2.75, 3.05) is 13.1 Å². The highest BCUT2D eigenvalue weighted by Crippen LogP contribution is 2.25. The molecule has 1 aromatic rings. The first-order valence-corrected chi connectivity index (χ1v) is 5.93. The highest BCUT2D eigenvalue weighted by Gasteiger charge is 2.16. The minimum atomic E-state index is -0.844. The Labute approximate surface area is 104 Å². The van der Waals surface area contributed by atoms with Crippen molar-refractivity contribution in [1.82, 2.24) is 10.7 Å². The summed E-state index contributed by atoms with van der Waals surface area (Å²) in [6.07, 6.45) is 2.17. The number of nitro groups is 1. The van der Waals surface area contributed by atoms with Gasteiger partial charge in [0.2, 0.25) is 0 Å². The topological polar surface area (TPSA) is 84.3 Å². The first kappa shape index (κ1) is 12.5. The van der Waals surface area contributed by atoms with Crippen LogP contribution >= 0.6 is 0 Å². The third kappa shape index (κ3) is 3.04. The van der Waals surface area contributed by atoms with Crippen molar-refractivity contribution in [3.8, 4) is 0 Å². The van der Waals surface area contributed by atoms with Crippen molar-refractivity contribution >= 4 is 5.91 Å². The molecule has 96 valence electrons. The first-order valence-electron chi connectivity index (χ1n) is 5.93. The van der Waals surface area contributed by atoms with Crippen LogP contribution in [0, 0.1) is 10.1 Å². The molecule has 1 aliphatic heterocycles. The lowest BCUT2D eigenvalue weighted by atomic mass is 9.90. The summed E-state index contributed by atoms with van der Waals surface area (Å²) >= 11 is 0. The van der Waals surface area contributed by atoms with Crippen LogP contribution in [0.3, 0.4) is 0 Å². The summed E-state index contributed by atoms with van der Waals surface area (Å²) in [5.74, 6) is -0.171. The molecule has 1 amide bonds. The minimum Gasteiger partial charge on any atom is -0.317 e. The van der Waals surface area contributed by atoms with Gasteiger partial charge in [-0.05, 0) is 49.5 Å². The number of piperidine rings is 1. The van der Waals surface area contributed by atoms with E-state index in [-0.39, 0.29) is 0 Å². The van der Waals surface area contributed by atoms with Gasteiger partial charge in [0.05, 0.1) is 0 Å². The monoisotopic (exact) mass is 249 g/mol. The third-order valence-corrected chi connectivity index (χ3v) is 3.18. The van der Waals surface area contributed by atoms with Crippen molar-refractivity contribution < 1.29 is 9.83 Å². The lowest BCUT2D eigenvalue weighted by Crippen LogP contribution is -2.29. The summed E-state index contributed by atoms with van der Waals surface area (Å²) in [5.41, 5.74) is 3.13. The Balaban J connectivity index is 2.04. The number of hydrogen-bond donors (Lipinski definition) is 2. The molecule has 0 radical (unpaired) electrons. The van der Waals surface area contributed by atoms with Crippen LogP contribution in [0.15, 0.2) is 24.3 Å². The summed E-state index contributed by atoms with van der Waals surface area (Å²) in [4.78, 5) is 21.5. The van der Waals surface area contributed by atoms with Gasteiger partial charge >= 0.3 is 5.91 Å². The molecule has 6 heteroatoms. The van der Waals surface area contributed by atoms with Gasteiger partial charge in [0.1, 0.15) is 0 Å². The molecule has 1 aliphatic rings. The molecule has 2 rings (SSSR count). The van der Waals surface area contributed by atoms with E-state index in [1.807, 2.05) is 12.1 Å². The predicted molar refractivity (Wildman–Crippen MR) is 65.7 cm³/mol. The SMILES string of the molecule is O=C(N[N+](=O)[O-])c1ccc(C2CCNCC2)cc1. The van der Waals surface area contributed by atoms with E-state index >= 15 is 0 Å². The number of carbonyl (C=O) groups excluding carboxylic acids is 1. The van der Waals surface area contributed by atoms with E-state index in [0.717, 1.165) is 25.9 Å². The van der Waals surface area contributed by atoms with Crippen LogP contribution < -0.4 is 10.7 Å². The van der Waals surface area contributed by atoms with Crippen LogP contribution in [0.4, 0.5) is 0 Å². The molecular formula is C12H15N3O3. The van der Waals surface area contributed by atoms with Crippen LogP contribution in [0.2, 0.25) is 0 Å². The van der Waals surface area contributed by atoms with Crippen LogP contribution in [0.25, 0.3) is 0 Å². The van der Waals surface area contributed by atoms with Crippen molar-refractivity contribution in [2.45, 2.75) is 18.8 Å². The van der Waals surface area contributed by atoms with Gasteiger partial charge in [0.15, 0.2) is 5.03 Å². The fourth-order valence-corrected chi connectivity index (χ4v) is 2.21. The zero-order valence-electron chi connectivity index (χ0n) is 9.89. The van der Waals surface area contributed by atoms with Crippen molar-refractivity contribution in [1.29, 1.82) is 0 Å². The maximum Gasteiger partial charge on any atom is 0.310 e. The number of carbonyl (C=O) groups is 1. The fourth-order valence-electron chi connectivity index (χ4n) is 2.21. The normalized spacial score (nSPS) is 16.2. The number of amides is 1. The molecular weight excluding hydrogens is 234 g/mol. The highest BCUT2D eigenvalue weighted by atomic mass is 16.7. The van der Waals surface area contributed by atoms with Gasteiger partial charge in [-0.25, -0.2) is 10.1 Å². The lowest BCUT2D eigenvalue weighted by molar-refractivity contribution is -0.527. The first-order chi connectivity index (χ1) is 8.66. The molecule has 2 N–H and O–H groups in total. The van der Waals surface area contributed by atoms with Crippen molar-refractivity contribution in [3.63, 3.8) is 0 Å². The van der Waals surface area contributed by atoms with Crippen LogP contribution in [-0.2, 0) is 0 Å². The lowest BCUT2D eigenvalue weighted by Gasteiger charge is -2.22. The van der Waals surface area contributed by atoms with E-state index < -0.39 is 10.9 Å². The minimum absolute atomic E-state index is 0.310. The zero-order valence-corrected chi connectivity index (χ0v) is 9.89. The average Bonchev–Trinajstić information content (AvgIpc) is 2.39. The molecule has 0 bridgehead atoms. The van der Waals surface area contributed by atoms with E-state index in [1.54, 1.807) is 17.6 Å². The molecule has 1 fully saturated rings. The van der Waals surface area contributed by atoms with Gasteiger partial charge in [-0.2, -0.15) is 0 Å². The predicted octanol–water partition coefficient (Wildman–Crippen LogP) is 1.08. The van der Waals surface area contributed by atoms with Crippen molar-refractivity contribution in [2.24, 2.45) is 0 Å². The summed E-state index contributed by atoms with van der Waals surface area (Å²) < 4.78 is 0. The average molecular weight is 249 g/mol. The molecule has 0 atom stereocenters. The zero-order chi connectivity index (χ0) is 13.0. The van der Waals surface area contributed by atoms with Gasteiger partial charge in [0.25, 0.3) is 0 Å². The van der Waals surface area contributed by atoms with E-state index in [1.165, 1.54) is 5.56 Å². The van der Waals surface area contributed by atoms with Gasteiger partial charge in [-0.15, -0.1) is 0 Å². The Morgan fingerprint density at radius 1 is 1.28 bits per heavy atom. The molecule has 0 saturated carbocycles. The molecule has 6 nitrogen and oxygen atoms in total. The van der Waals surface area contributed by atoms with Crippen LogP contribution in [0.1, 0.15) is 34.7 Å². The summed E-state index contributed by atoms with van der Waals surface area (Å²) in [7, 11) is 0. The van der Waals surface area contributed by atoms with Gasteiger partial charge in [-0.3, -0.25) is 4.79 Å². The number of nitrogens with zero attached hydrogens (tertiary/aromatic N) is 1. The van der Waals surface area contributed by atoms with E-state index in [2.05, 4.69) is 5.32 Å². The standard InChI is InChI=1S/C12H15N3O3/c16-12(14-15(17)18)11-3-1-9(2-4-11)10-5-7-13-8-6-10/h1-4,10,13H,5-8H2,(H,14,16). The van der Waals surface area contributed by atoms with Gasteiger partial charge < -0.3 is 5.32 Å². The van der Waals surface area contributed by atoms with Crippen LogP contribution in [-0.4, -0.2) is 24.0 Å². The maximum absolute atomic E-state index is 11.4. The second kappa shape index (κ2) is 5.59. The molecule has 0 aliphatic carbocycles. The Kier molecular flexibility index (Phi) is 3.88. The summed E-state index contributed by atoms with van der Waals surface area (Å²) in [6.45, 7) is 2.02. The summed E-state index contributed by atoms with van der Waals surface area (Å²) in [5, 5.41) is 12.6. The number of nitrogens with one attached hydrogen (secondary N) is 2. The summed E-state index contributed by atoms with van der Waals surface area (Å²) in [6, 6.07) is 7.03. The second-order valence-electron chi connectivity index (χ2n) is 4.34. The molecule has 0 unspecified atom stereocenters. The Morgan fingerprint density at radius 2 is 1.89 bits per heavy atom. The number of benzene rings is 1. The van der Waals surface area contributed by atoms with E-state index in [0.29, 0.717) is 11.5 Å². The highest BCUT2D eigenvalue weighted by molar-refractivity contribution is 5.93. The quantitative estimate of drug-likeness (QED) is 0.620. The van der Waals surface area contributed by atoms with E-state index in [4.69, 9.17) is 0 Å². The molecule has 0 aromatic heterocycles. The van der Waals surface area contributed by atoms with Gasteiger partial charge in [-0.1, -0.05) is 17.6 Å². The molecule has 1 heterocycles. The Bertz CT molecular complexity index is 438. The Hall–Kier alpha value is -1.95.